The molecule has 0 radical (unpaired) electrons. The SMILES string of the molecule is Cn1ccc(CCCN)c1-c1ccc(Cl)cc1. The summed E-state index contributed by atoms with van der Waals surface area (Å²) in [5, 5.41) is 0.770. The van der Waals surface area contributed by atoms with Gasteiger partial charge in [-0.05, 0) is 48.7 Å². The quantitative estimate of drug-likeness (QED) is 0.885. The molecule has 0 saturated carbocycles. The van der Waals surface area contributed by atoms with Crippen LogP contribution in [0, 0.1) is 0 Å². The van der Waals surface area contributed by atoms with Crippen LogP contribution in [0.15, 0.2) is 36.5 Å². The maximum atomic E-state index is 5.91. The molecule has 17 heavy (non-hydrogen) atoms. The molecule has 1 heterocycles. The number of aromatic nitrogens is 1. The number of hydrogen-bond donors (Lipinski definition) is 1. The molecular weight excluding hydrogens is 232 g/mol. The second-order valence-corrected chi connectivity index (χ2v) is 4.64. The number of halogens is 1. The van der Waals surface area contributed by atoms with Crippen LogP contribution in [0.3, 0.4) is 0 Å². The fourth-order valence-electron chi connectivity index (χ4n) is 2.07. The van der Waals surface area contributed by atoms with Gasteiger partial charge in [0.15, 0.2) is 0 Å². The minimum atomic E-state index is 0.731. The standard InChI is InChI=1S/C14H17ClN2/c1-17-10-8-11(3-2-9-16)14(17)12-4-6-13(15)7-5-12/h4-8,10H,2-3,9,16H2,1H3. The third kappa shape index (κ3) is 2.71. The molecule has 2 N–H and O–H groups in total. The van der Waals surface area contributed by atoms with E-state index in [0.717, 1.165) is 24.4 Å². The van der Waals surface area contributed by atoms with Crippen LogP contribution in [0.2, 0.25) is 5.02 Å². The average molecular weight is 249 g/mol. The third-order valence-corrected chi connectivity index (χ3v) is 3.18. The first-order valence-corrected chi connectivity index (χ1v) is 6.20. The lowest BCUT2D eigenvalue weighted by Gasteiger charge is -2.08. The van der Waals surface area contributed by atoms with Crippen molar-refractivity contribution in [3.8, 4) is 11.3 Å². The molecule has 0 fully saturated rings. The van der Waals surface area contributed by atoms with Crippen molar-refractivity contribution in [1.82, 2.24) is 4.57 Å². The Morgan fingerprint density at radius 3 is 2.53 bits per heavy atom. The first-order valence-electron chi connectivity index (χ1n) is 5.82. The molecule has 0 unspecified atom stereocenters. The van der Waals surface area contributed by atoms with Crippen LogP contribution >= 0.6 is 11.6 Å². The van der Waals surface area contributed by atoms with Gasteiger partial charge in [-0.1, -0.05) is 23.7 Å². The number of benzene rings is 1. The van der Waals surface area contributed by atoms with Gasteiger partial charge in [0.05, 0.1) is 5.69 Å². The molecule has 1 aromatic heterocycles. The molecule has 2 nitrogen and oxygen atoms in total. The molecule has 0 bridgehead atoms. The Balaban J connectivity index is 2.36. The Morgan fingerprint density at radius 2 is 1.88 bits per heavy atom. The van der Waals surface area contributed by atoms with Crippen molar-refractivity contribution in [1.29, 1.82) is 0 Å². The van der Waals surface area contributed by atoms with Crippen molar-refractivity contribution >= 4 is 11.6 Å². The van der Waals surface area contributed by atoms with E-state index in [2.05, 4.69) is 36.0 Å². The van der Waals surface area contributed by atoms with Crippen molar-refractivity contribution in [3.05, 3.63) is 47.1 Å². The van der Waals surface area contributed by atoms with Crippen LogP contribution in [-0.2, 0) is 13.5 Å². The first-order chi connectivity index (χ1) is 8.22. The van der Waals surface area contributed by atoms with E-state index in [0.29, 0.717) is 0 Å². The minimum absolute atomic E-state index is 0.731. The monoisotopic (exact) mass is 248 g/mol. The predicted molar refractivity (Wildman–Crippen MR) is 73.2 cm³/mol. The van der Waals surface area contributed by atoms with Crippen molar-refractivity contribution in [2.75, 3.05) is 6.54 Å². The van der Waals surface area contributed by atoms with E-state index in [1.807, 2.05) is 12.1 Å². The minimum Gasteiger partial charge on any atom is -0.350 e. The normalized spacial score (nSPS) is 10.8. The van der Waals surface area contributed by atoms with Crippen LogP contribution in [0.4, 0.5) is 0 Å². The molecular formula is C14H17ClN2. The summed E-state index contributed by atoms with van der Waals surface area (Å²) in [6.07, 6.45) is 4.13. The van der Waals surface area contributed by atoms with Crippen LogP contribution < -0.4 is 5.73 Å². The van der Waals surface area contributed by atoms with Gasteiger partial charge in [-0.25, -0.2) is 0 Å². The lowest BCUT2D eigenvalue weighted by atomic mass is 10.0. The summed E-state index contributed by atoms with van der Waals surface area (Å²) in [6, 6.07) is 10.1. The lowest BCUT2D eigenvalue weighted by Crippen LogP contribution is -2.01. The molecule has 0 aliphatic heterocycles. The molecule has 0 amide bonds. The van der Waals surface area contributed by atoms with E-state index >= 15 is 0 Å². The molecule has 0 aliphatic rings. The van der Waals surface area contributed by atoms with E-state index in [-0.39, 0.29) is 0 Å². The summed E-state index contributed by atoms with van der Waals surface area (Å²) in [5.41, 5.74) is 9.38. The van der Waals surface area contributed by atoms with Gasteiger partial charge in [0, 0.05) is 18.3 Å². The van der Waals surface area contributed by atoms with Crippen LogP contribution in [0.1, 0.15) is 12.0 Å². The second kappa shape index (κ2) is 5.39. The zero-order valence-electron chi connectivity index (χ0n) is 9.99. The van der Waals surface area contributed by atoms with E-state index in [9.17, 15) is 0 Å². The highest BCUT2D eigenvalue weighted by molar-refractivity contribution is 6.30. The van der Waals surface area contributed by atoms with E-state index in [4.69, 9.17) is 17.3 Å². The largest absolute Gasteiger partial charge is 0.350 e. The van der Waals surface area contributed by atoms with Crippen molar-refractivity contribution in [2.45, 2.75) is 12.8 Å². The highest BCUT2D eigenvalue weighted by atomic mass is 35.5. The van der Waals surface area contributed by atoms with Crippen LogP contribution in [0.5, 0.6) is 0 Å². The maximum Gasteiger partial charge on any atom is 0.0510 e. The fraction of sp³-hybridized carbons (Fsp3) is 0.286. The molecule has 0 atom stereocenters. The molecule has 0 saturated heterocycles. The summed E-state index contributed by atoms with van der Waals surface area (Å²) in [6.45, 7) is 0.731. The molecule has 2 aromatic rings. The summed E-state index contributed by atoms with van der Waals surface area (Å²) >= 11 is 5.91. The molecule has 90 valence electrons. The highest BCUT2D eigenvalue weighted by Gasteiger charge is 2.08. The zero-order chi connectivity index (χ0) is 12.3. The van der Waals surface area contributed by atoms with Gasteiger partial charge in [-0.15, -0.1) is 0 Å². The lowest BCUT2D eigenvalue weighted by molar-refractivity contribution is 0.829. The smallest absolute Gasteiger partial charge is 0.0510 e. The topological polar surface area (TPSA) is 30.9 Å². The Kier molecular flexibility index (Phi) is 3.87. The number of nitrogens with zero attached hydrogens (tertiary/aromatic N) is 1. The van der Waals surface area contributed by atoms with Gasteiger partial charge in [0.2, 0.25) is 0 Å². The van der Waals surface area contributed by atoms with Crippen molar-refractivity contribution in [2.24, 2.45) is 12.8 Å². The second-order valence-electron chi connectivity index (χ2n) is 4.20. The number of rotatable bonds is 4. The van der Waals surface area contributed by atoms with Gasteiger partial charge < -0.3 is 10.3 Å². The van der Waals surface area contributed by atoms with E-state index < -0.39 is 0 Å². The molecule has 1 aromatic carbocycles. The van der Waals surface area contributed by atoms with Gasteiger partial charge in [-0.2, -0.15) is 0 Å². The van der Waals surface area contributed by atoms with Crippen molar-refractivity contribution in [3.63, 3.8) is 0 Å². The first kappa shape index (κ1) is 12.2. The van der Waals surface area contributed by atoms with Gasteiger partial charge in [-0.3, -0.25) is 0 Å². The zero-order valence-corrected chi connectivity index (χ0v) is 10.7. The molecule has 2 rings (SSSR count). The van der Waals surface area contributed by atoms with E-state index in [1.54, 1.807) is 0 Å². The van der Waals surface area contributed by atoms with Crippen LogP contribution in [-0.4, -0.2) is 11.1 Å². The Bertz CT molecular complexity index is 485. The predicted octanol–water partition coefficient (Wildman–Crippen LogP) is 3.24. The molecule has 3 heteroatoms. The molecule has 0 spiro atoms. The third-order valence-electron chi connectivity index (χ3n) is 2.92. The number of hydrogen-bond acceptors (Lipinski definition) is 1. The van der Waals surface area contributed by atoms with Gasteiger partial charge in [0.25, 0.3) is 0 Å². The van der Waals surface area contributed by atoms with Crippen LogP contribution in [0.25, 0.3) is 11.3 Å². The Hall–Kier alpha value is -1.25. The van der Waals surface area contributed by atoms with Gasteiger partial charge >= 0.3 is 0 Å². The maximum absolute atomic E-state index is 5.91. The Morgan fingerprint density at radius 1 is 1.18 bits per heavy atom. The summed E-state index contributed by atoms with van der Waals surface area (Å²) in [4.78, 5) is 0. The summed E-state index contributed by atoms with van der Waals surface area (Å²) in [5.74, 6) is 0. The fourth-order valence-corrected chi connectivity index (χ4v) is 2.20. The van der Waals surface area contributed by atoms with Crippen molar-refractivity contribution < 1.29 is 0 Å². The highest BCUT2D eigenvalue weighted by Crippen LogP contribution is 2.26. The molecule has 0 aliphatic carbocycles. The summed E-state index contributed by atoms with van der Waals surface area (Å²) < 4.78 is 2.15. The number of aryl methyl sites for hydroxylation is 2. The van der Waals surface area contributed by atoms with Gasteiger partial charge in [0.1, 0.15) is 0 Å². The summed E-state index contributed by atoms with van der Waals surface area (Å²) in [7, 11) is 2.07. The Labute approximate surface area is 107 Å². The average Bonchev–Trinajstić information content (AvgIpc) is 2.69. The number of nitrogens with two attached hydrogens (primary N) is 1. The van der Waals surface area contributed by atoms with E-state index in [1.165, 1.54) is 16.8 Å².